The molecule has 0 atom stereocenters. The Morgan fingerprint density at radius 2 is 2.11 bits per heavy atom. The van der Waals surface area contributed by atoms with Crippen molar-refractivity contribution in [1.29, 1.82) is 5.41 Å². The van der Waals surface area contributed by atoms with Gasteiger partial charge in [-0.3, -0.25) is 4.79 Å². The first-order valence-electron chi connectivity index (χ1n) is 5.42. The number of aromatic nitrogens is 1. The highest BCUT2D eigenvalue weighted by Gasteiger charge is 2.05. The predicted molar refractivity (Wildman–Crippen MR) is 68.7 cm³/mol. The van der Waals surface area contributed by atoms with Crippen molar-refractivity contribution in [3.8, 4) is 0 Å². The Labute approximate surface area is 103 Å². The van der Waals surface area contributed by atoms with E-state index in [9.17, 15) is 9.18 Å². The highest BCUT2D eigenvalue weighted by Crippen LogP contribution is 2.12. The van der Waals surface area contributed by atoms with Gasteiger partial charge in [-0.2, -0.15) is 0 Å². The van der Waals surface area contributed by atoms with Crippen LogP contribution in [0.3, 0.4) is 0 Å². The summed E-state index contributed by atoms with van der Waals surface area (Å²) in [7, 11) is 0. The molecule has 2 rings (SSSR count). The summed E-state index contributed by atoms with van der Waals surface area (Å²) in [5.41, 5.74) is 0.906. The molecule has 0 radical (unpaired) electrons. The van der Waals surface area contributed by atoms with E-state index in [1.165, 1.54) is 12.3 Å². The van der Waals surface area contributed by atoms with Crippen LogP contribution in [0.4, 0.5) is 10.1 Å². The van der Waals surface area contributed by atoms with Gasteiger partial charge in [0.15, 0.2) is 0 Å². The molecule has 0 aliphatic rings. The lowest BCUT2D eigenvalue weighted by Crippen LogP contribution is -2.15. The largest absolute Gasteiger partial charge is 0.380 e. The summed E-state index contributed by atoms with van der Waals surface area (Å²) < 4.78 is 13.4. The highest BCUT2D eigenvalue weighted by molar-refractivity contribution is 5.84. The van der Waals surface area contributed by atoms with Gasteiger partial charge in [0.2, 0.25) is 0 Å². The number of hydrogen-bond donors (Lipinski definition) is 3. The third kappa shape index (κ3) is 2.45. The van der Waals surface area contributed by atoms with Crippen LogP contribution in [0.25, 0.3) is 0 Å². The minimum atomic E-state index is -0.344. The lowest BCUT2D eigenvalue weighted by atomic mass is 10.2. The monoisotopic (exact) mass is 245 g/mol. The van der Waals surface area contributed by atoms with Crippen LogP contribution in [-0.4, -0.2) is 11.2 Å². The molecule has 0 aliphatic heterocycles. The molecule has 0 saturated carbocycles. The van der Waals surface area contributed by atoms with Crippen molar-refractivity contribution in [2.24, 2.45) is 0 Å². The van der Waals surface area contributed by atoms with E-state index in [1.807, 2.05) is 0 Å². The third-order valence-electron chi connectivity index (χ3n) is 2.57. The summed E-state index contributed by atoms with van der Waals surface area (Å²) in [5.74, 6) is -0.300. The standard InChI is InChI=1S/C13H12FN3O/c14-11-4-2-1-3-9(11)8-17-12-5-6-16-13(18)10(12)7-15/h1-7,15H,8H2,(H2,16,17,18). The third-order valence-corrected chi connectivity index (χ3v) is 2.57. The maximum absolute atomic E-state index is 13.4. The van der Waals surface area contributed by atoms with Crippen molar-refractivity contribution in [3.05, 3.63) is 63.8 Å². The Hall–Kier alpha value is -2.43. The summed E-state index contributed by atoms with van der Waals surface area (Å²) in [6, 6.07) is 8.05. The average molecular weight is 245 g/mol. The van der Waals surface area contributed by atoms with Crippen LogP contribution in [0.15, 0.2) is 41.3 Å². The second kappa shape index (κ2) is 5.27. The van der Waals surface area contributed by atoms with Crippen molar-refractivity contribution in [3.63, 3.8) is 0 Å². The summed E-state index contributed by atoms with van der Waals surface area (Å²) in [6.07, 6.45) is 2.46. The number of halogens is 1. The molecule has 2 aromatic rings. The lowest BCUT2D eigenvalue weighted by Gasteiger charge is -2.09. The number of nitrogens with one attached hydrogen (secondary N) is 3. The van der Waals surface area contributed by atoms with E-state index in [2.05, 4.69) is 10.3 Å². The van der Waals surface area contributed by atoms with E-state index in [4.69, 9.17) is 5.41 Å². The summed E-state index contributed by atoms with van der Waals surface area (Å²) >= 11 is 0. The molecule has 1 aromatic carbocycles. The summed E-state index contributed by atoms with van der Waals surface area (Å²) in [4.78, 5) is 13.9. The number of benzene rings is 1. The Morgan fingerprint density at radius 1 is 1.33 bits per heavy atom. The fourth-order valence-corrected chi connectivity index (χ4v) is 1.62. The van der Waals surface area contributed by atoms with Gasteiger partial charge in [-0.1, -0.05) is 18.2 Å². The van der Waals surface area contributed by atoms with Gasteiger partial charge in [-0.25, -0.2) is 4.39 Å². The molecule has 0 aliphatic carbocycles. The Balaban J connectivity index is 2.21. The zero-order valence-corrected chi connectivity index (χ0v) is 9.53. The Bertz CT molecular complexity index is 622. The van der Waals surface area contributed by atoms with Crippen LogP contribution < -0.4 is 10.9 Å². The topological polar surface area (TPSA) is 68.7 Å². The van der Waals surface area contributed by atoms with Gasteiger partial charge < -0.3 is 15.7 Å². The highest BCUT2D eigenvalue weighted by atomic mass is 19.1. The molecule has 0 saturated heterocycles. The molecular formula is C13H12FN3O. The summed E-state index contributed by atoms with van der Waals surface area (Å²) in [5, 5.41) is 10.1. The van der Waals surface area contributed by atoms with Crippen molar-refractivity contribution in [2.45, 2.75) is 6.54 Å². The normalized spacial score (nSPS) is 10.1. The fourth-order valence-electron chi connectivity index (χ4n) is 1.62. The number of anilines is 1. The van der Waals surface area contributed by atoms with Gasteiger partial charge in [0.25, 0.3) is 5.56 Å². The first-order chi connectivity index (χ1) is 8.72. The van der Waals surface area contributed by atoms with Crippen molar-refractivity contribution in [2.75, 3.05) is 5.32 Å². The molecule has 92 valence electrons. The molecule has 1 heterocycles. The van der Waals surface area contributed by atoms with Gasteiger partial charge >= 0.3 is 0 Å². The van der Waals surface area contributed by atoms with Gasteiger partial charge in [-0.15, -0.1) is 0 Å². The van der Waals surface area contributed by atoms with Crippen LogP contribution in [0.1, 0.15) is 11.1 Å². The Kier molecular flexibility index (Phi) is 3.52. The van der Waals surface area contributed by atoms with Crippen LogP contribution in [0, 0.1) is 11.2 Å². The van der Waals surface area contributed by atoms with Crippen molar-refractivity contribution >= 4 is 11.9 Å². The first-order valence-corrected chi connectivity index (χ1v) is 5.42. The van der Waals surface area contributed by atoms with Crippen molar-refractivity contribution in [1.82, 2.24) is 4.98 Å². The smallest absolute Gasteiger partial charge is 0.258 e. The number of hydrogen-bond acceptors (Lipinski definition) is 3. The van der Waals surface area contributed by atoms with Gasteiger partial charge in [0.1, 0.15) is 5.82 Å². The summed E-state index contributed by atoms with van der Waals surface area (Å²) in [6.45, 7) is 0.261. The quantitative estimate of drug-likeness (QED) is 0.722. The van der Waals surface area contributed by atoms with Crippen LogP contribution in [-0.2, 0) is 6.54 Å². The SMILES string of the molecule is N=Cc1c(NCc2ccccc2F)cc[nH]c1=O. The average Bonchev–Trinajstić information content (AvgIpc) is 2.38. The van der Waals surface area contributed by atoms with Gasteiger partial charge in [0, 0.05) is 24.5 Å². The molecule has 5 heteroatoms. The Morgan fingerprint density at radius 3 is 2.83 bits per heavy atom. The van der Waals surface area contributed by atoms with E-state index < -0.39 is 0 Å². The molecule has 3 N–H and O–H groups in total. The number of rotatable bonds is 4. The second-order valence-corrected chi connectivity index (χ2v) is 3.72. The number of aromatic amines is 1. The second-order valence-electron chi connectivity index (χ2n) is 3.72. The molecule has 4 nitrogen and oxygen atoms in total. The molecular weight excluding hydrogens is 233 g/mol. The van der Waals surface area contributed by atoms with Gasteiger partial charge in [-0.05, 0) is 12.1 Å². The van der Waals surface area contributed by atoms with E-state index >= 15 is 0 Å². The number of pyridine rings is 1. The molecule has 1 aromatic heterocycles. The molecule has 0 fully saturated rings. The van der Waals surface area contributed by atoms with Crippen LogP contribution in [0.2, 0.25) is 0 Å². The molecule has 0 bridgehead atoms. The zero-order chi connectivity index (χ0) is 13.0. The minimum Gasteiger partial charge on any atom is -0.380 e. The van der Waals surface area contributed by atoms with Crippen LogP contribution >= 0.6 is 0 Å². The molecule has 18 heavy (non-hydrogen) atoms. The lowest BCUT2D eigenvalue weighted by molar-refractivity contribution is 0.613. The predicted octanol–water partition coefficient (Wildman–Crippen LogP) is 2.12. The van der Waals surface area contributed by atoms with E-state index in [0.717, 1.165) is 6.21 Å². The zero-order valence-electron chi connectivity index (χ0n) is 9.53. The van der Waals surface area contributed by atoms with E-state index in [1.54, 1.807) is 24.3 Å². The first kappa shape index (κ1) is 12.0. The molecule has 0 unspecified atom stereocenters. The number of H-pyrrole nitrogens is 1. The van der Waals surface area contributed by atoms with Crippen LogP contribution in [0.5, 0.6) is 0 Å². The molecule has 0 amide bonds. The fraction of sp³-hybridized carbons (Fsp3) is 0.0769. The van der Waals surface area contributed by atoms with E-state index in [-0.39, 0.29) is 23.5 Å². The maximum Gasteiger partial charge on any atom is 0.258 e. The van der Waals surface area contributed by atoms with Crippen molar-refractivity contribution < 1.29 is 4.39 Å². The molecule has 0 spiro atoms. The minimum absolute atomic E-state index is 0.230. The van der Waals surface area contributed by atoms with E-state index in [0.29, 0.717) is 11.3 Å². The van der Waals surface area contributed by atoms with Gasteiger partial charge in [0.05, 0.1) is 11.3 Å². The maximum atomic E-state index is 13.4.